The zero-order valence-electron chi connectivity index (χ0n) is 8.25. The lowest BCUT2D eigenvalue weighted by molar-refractivity contribution is 0.480. The Morgan fingerprint density at radius 3 is 2.93 bits per heavy atom. The van der Waals surface area contributed by atoms with E-state index < -0.39 is 0 Å². The van der Waals surface area contributed by atoms with E-state index in [2.05, 4.69) is 11.9 Å². The molecule has 0 saturated carbocycles. The predicted octanol–water partition coefficient (Wildman–Crippen LogP) is 2.63. The fraction of sp³-hybridized carbons (Fsp3) is 0.250. The van der Waals surface area contributed by atoms with E-state index in [1.807, 2.05) is 24.3 Å². The molecule has 0 aliphatic heterocycles. The fourth-order valence-electron chi connectivity index (χ4n) is 1.72. The molecule has 0 aliphatic carbocycles. The first-order valence-corrected chi connectivity index (χ1v) is 4.91. The molecule has 0 unspecified atom stereocenters. The van der Waals surface area contributed by atoms with Crippen LogP contribution in [0.15, 0.2) is 30.5 Å². The Morgan fingerprint density at radius 2 is 2.14 bits per heavy atom. The monoisotopic (exact) mass is 188 g/mol. The minimum atomic E-state index is 0.514. The minimum absolute atomic E-state index is 0.514. The van der Waals surface area contributed by atoms with Crippen LogP contribution < -0.4 is 0 Å². The molecule has 2 heteroatoms. The highest BCUT2D eigenvalue weighted by Gasteiger charge is 2.07. The Balaban J connectivity index is 2.68. The van der Waals surface area contributed by atoms with Crippen LogP contribution in [0.3, 0.4) is 0 Å². The third-order valence-corrected chi connectivity index (χ3v) is 2.38. The number of aromatic nitrogens is 1. The van der Waals surface area contributed by atoms with Crippen molar-refractivity contribution in [3.8, 4) is 5.75 Å². The van der Waals surface area contributed by atoms with Gasteiger partial charge in [-0.1, -0.05) is 19.4 Å². The molecule has 2 nitrogen and oxygen atoms in total. The van der Waals surface area contributed by atoms with E-state index in [1.54, 1.807) is 6.20 Å². The molecule has 0 amide bonds. The first-order valence-electron chi connectivity index (χ1n) is 4.91. The van der Waals surface area contributed by atoms with Crippen LogP contribution in [-0.4, -0.2) is 10.1 Å². The van der Waals surface area contributed by atoms with E-state index in [4.69, 9.17) is 5.11 Å². The first-order chi connectivity index (χ1) is 6.83. The summed E-state index contributed by atoms with van der Waals surface area (Å²) in [7, 11) is 0. The smallest absolute Gasteiger partial charge is 0.280 e. The lowest BCUT2D eigenvalue weighted by Gasteiger charge is -2.03. The quantitative estimate of drug-likeness (QED) is 0.667. The van der Waals surface area contributed by atoms with Gasteiger partial charge in [0.05, 0.1) is 0 Å². The summed E-state index contributed by atoms with van der Waals surface area (Å²) in [6.45, 7) is 2.16. The summed E-state index contributed by atoms with van der Waals surface area (Å²) in [6, 6.07) is 7.85. The molecule has 0 radical (unpaired) electrons. The second-order valence-electron chi connectivity index (χ2n) is 3.42. The van der Waals surface area contributed by atoms with Crippen molar-refractivity contribution < 1.29 is 5.11 Å². The van der Waals surface area contributed by atoms with E-state index in [0.29, 0.717) is 5.75 Å². The summed E-state index contributed by atoms with van der Waals surface area (Å²) >= 11 is 0. The van der Waals surface area contributed by atoms with Crippen LogP contribution in [0.2, 0.25) is 0 Å². The average Bonchev–Trinajstić information content (AvgIpc) is 2.23. The van der Waals surface area contributed by atoms with E-state index in [-0.39, 0.29) is 0 Å². The average molecular weight is 188 g/mol. The molecule has 1 heterocycles. The third kappa shape index (κ3) is 1.43. The van der Waals surface area contributed by atoms with Crippen molar-refractivity contribution in [2.45, 2.75) is 19.8 Å². The van der Waals surface area contributed by atoms with Crippen molar-refractivity contribution in [3.05, 3.63) is 36.0 Å². The van der Waals surface area contributed by atoms with E-state index in [9.17, 15) is 0 Å². The van der Waals surface area contributed by atoms with Crippen molar-refractivity contribution in [3.63, 3.8) is 0 Å². The zero-order chi connectivity index (χ0) is 9.97. The summed E-state index contributed by atoms with van der Waals surface area (Å²) in [6.07, 6.45) is 3.93. The fourth-order valence-corrected chi connectivity index (χ4v) is 1.72. The number of benzene rings is 1. The summed E-state index contributed by atoms with van der Waals surface area (Å²) in [5.41, 5.74) is 2.12. The molecule has 0 fully saturated rings. The number of hydrogen-bond donors (Lipinski definition) is 0. The molecule has 0 spiro atoms. The maximum absolute atomic E-state index is 7.73. The van der Waals surface area contributed by atoms with Crippen LogP contribution in [0.25, 0.3) is 10.9 Å². The van der Waals surface area contributed by atoms with Crippen molar-refractivity contribution in [1.82, 2.24) is 4.98 Å². The number of pyridine rings is 1. The lowest BCUT2D eigenvalue weighted by atomic mass is 10.0. The second-order valence-corrected chi connectivity index (χ2v) is 3.42. The standard InChI is InChI=1S/C12H13NO/c1-2-4-9-6-7-11(14)12-10(9)5-3-8-13-12/h3,5-8,14H,2,4H2,1H3/p+1. The van der Waals surface area contributed by atoms with Crippen LogP contribution in [-0.2, 0) is 6.42 Å². The van der Waals surface area contributed by atoms with Gasteiger partial charge in [0, 0.05) is 17.6 Å². The highest BCUT2D eigenvalue weighted by atomic mass is 16.3. The molecule has 14 heavy (non-hydrogen) atoms. The third-order valence-electron chi connectivity index (χ3n) is 2.38. The zero-order valence-corrected chi connectivity index (χ0v) is 8.25. The molecule has 2 aromatic rings. The van der Waals surface area contributed by atoms with Crippen LogP contribution in [0.5, 0.6) is 5.75 Å². The Bertz CT molecular complexity index is 451. The van der Waals surface area contributed by atoms with Gasteiger partial charge in [-0.15, -0.1) is 0 Å². The summed E-state index contributed by atoms with van der Waals surface area (Å²) in [5.74, 6) is 0.514. The maximum Gasteiger partial charge on any atom is 0.280 e. The second kappa shape index (κ2) is 3.66. The SMILES string of the molecule is CCCc1ccc([OH2+])c2ncccc12. The summed E-state index contributed by atoms with van der Waals surface area (Å²) in [4.78, 5) is 4.24. The molecule has 72 valence electrons. The Kier molecular flexibility index (Phi) is 2.35. The van der Waals surface area contributed by atoms with Crippen molar-refractivity contribution in [1.29, 1.82) is 0 Å². The molecule has 0 saturated heterocycles. The Morgan fingerprint density at radius 1 is 1.29 bits per heavy atom. The topological polar surface area (TPSA) is 35.8 Å². The van der Waals surface area contributed by atoms with Crippen molar-refractivity contribution >= 4 is 10.9 Å². The van der Waals surface area contributed by atoms with E-state index >= 15 is 0 Å². The highest BCUT2D eigenvalue weighted by Crippen LogP contribution is 2.25. The molecule has 0 aliphatic rings. The highest BCUT2D eigenvalue weighted by molar-refractivity contribution is 5.87. The van der Waals surface area contributed by atoms with Gasteiger partial charge in [-0.3, -0.25) is 0 Å². The summed E-state index contributed by atoms with van der Waals surface area (Å²) in [5, 5.41) is 8.86. The molecule has 2 N–H and O–H groups in total. The minimum Gasteiger partial charge on any atom is -0.592 e. The van der Waals surface area contributed by atoms with Crippen molar-refractivity contribution in [2.24, 2.45) is 0 Å². The van der Waals surface area contributed by atoms with Crippen LogP contribution in [0.1, 0.15) is 18.9 Å². The van der Waals surface area contributed by atoms with Gasteiger partial charge in [0.2, 0.25) is 0 Å². The number of rotatable bonds is 2. The Labute approximate surface area is 83.2 Å². The molecule has 2 rings (SSSR count). The normalized spacial score (nSPS) is 10.6. The molecule has 0 atom stereocenters. The largest absolute Gasteiger partial charge is 0.592 e. The van der Waals surface area contributed by atoms with Gasteiger partial charge in [0.25, 0.3) is 5.75 Å². The van der Waals surface area contributed by atoms with Gasteiger partial charge < -0.3 is 5.11 Å². The molecule has 0 bridgehead atoms. The van der Waals surface area contributed by atoms with Gasteiger partial charge >= 0.3 is 0 Å². The van der Waals surface area contributed by atoms with Crippen LogP contribution >= 0.6 is 0 Å². The molecular formula is C12H14NO+. The van der Waals surface area contributed by atoms with E-state index in [0.717, 1.165) is 23.7 Å². The lowest BCUT2D eigenvalue weighted by Crippen LogP contribution is -1.87. The number of aryl methyl sites for hydroxylation is 1. The Hall–Kier alpha value is -1.57. The maximum atomic E-state index is 7.73. The molecular weight excluding hydrogens is 174 g/mol. The first kappa shape index (κ1) is 9.00. The van der Waals surface area contributed by atoms with Crippen LogP contribution in [0, 0.1) is 0 Å². The summed E-state index contributed by atoms with van der Waals surface area (Å²) < 4.78 is 0. The van der Waals surface area contributed by atoms with Crippen molar-refractivity contribution in [2.75, 3.05) is 0 Å². The number of fused-ring (bicyclic) bond motifs is 1. The number of hydrogen-bond acceptors (Lipinski definition) is 1. The van der Waals surface area contributed by atoms with Gasteiger partial charge in [0.1, 0.15) is 0 Å². The molecule has 1 aromatic heterocycles. The molecule has 1 aromatic carbocycles. The van der Waals surface area contributed by atoms with Gasteiger partial charge in [0.15, 0.2) is 5.52 Å². The van der Waals surface area contributed by atoms with Crippen LogP contribution in [0.4, 0.5) is 0 Å². The predicted molar refractivity (Wildman–Crippen MR) is 58.8 cm³/mol. The van der Waals surface area contributed by atoms with E-state index in [1.165, 1.54) is 5.56 Å². The van der Waals surface area contributed by atoms with Gasteiger partial charge in [-0.05, 0) is 24.1 Å². The van der Waals surface area contributed by atoms with Gasteiger partial charge in [-0.2, -0.15) is 0 Å². The van der Waals surface area contributed by atoms with Gasteiger partial charge in [-0.25, -0.2) is 4.98 Å². The number of nitrogens with zero attached hydrogens (tertiary/aromatic N) is 1.